The molecule has 0 aliphatic carbocycles. The third-order valence-corrected chi connectivity index (χ3v) is 4.38. The number of benzene rings is 2. The highest BCUT2D eigenvalue weighted by Gasteiger charge is 2.12. The van der Waals surface area contributed by atoms with E-state index in [0.29, 0.717) is 17.1 Å². The van der Waals surface area contributed by atoms with Crippen LogP contribution < -0.4 is 14.3 Å². The van der Waals surface area contributed by atoms with E-state index >= 15 is 0 Å². The van der Waals surface area contributed by atoms with Gasteiger partial charge in [-0.15, -0.1) is 0 Å². The molecule has 2 aromatic carbocycles. The molecule has 1 N–H and O–H groups in total. The summed E-state index contributed by atoms with van der Waals surface area (Å²) in [6, 6.07) is 11.7. The molecular formula is C16H18N2O4S. The van der Waals surface area contributed by atoms with Crippen LogP contribution in [0, 0.1) is 6.92 Å². The molecule has 0 aliphatic rings. The monoisotopic (exact) mass is 334 g/mol. The lowest BCUT2D eigenvalue weighted by Crippen LogP contribution is -2.18. The van der Waals surface area contributed by atoms with Crippen LogP contribution in [0.5, 0.6) is 11.5 Å². The SMILES string of the molecule is COc1ccc(OC)c(C=NNS(=O)(=O)c2ccc(C)cc2)c1. The van der Waals surface area contributed by atoms with Crippen LogP contribution >= 0.6 is 0 Å². The Kier molecular flexibility index (Phi) is 5.23. The lowest BCUT2D eigenvalue weighted by Gasteiger charge is -2.07. The van der Waals surface area contributed by atoms with Crippen LogP contribution in [0.3, 0.4) is 0 Å². The number of hydrogen-bond donors (Lipinski definition) is 1. The molecule has 7 heteroatoms. The highest BCUT2D eigenvalue weighted by atomic mass is 32.2. The predicted molar refractivity (Wildman–Crippen MR) is 88.6 cm³/mol. The topological polar surface area (TPSA) is 77.0 Å². The van der Waals surface area contributed by atoms with Crippen molar-refractivity contribution in [1.29, 1.82) is 0 Å². The quantitative estimate of drug-likeness (QED) is 0.650. The number of sulfonamides is 1. The van der Waals surface area contributed by atoms with Gasteiger partial charge in [-0.25, -0.2) is 4.83 Å². The van der Waals surface area contributed by atoms with Crippen LogP contribution in [0.1, 0.15) is 11.1 Å². The standard InChI is InChI=1S/C16H18N2O4S/c1-12-4-7-15(8-5-12)23(19,20)18-17-11-13-10-14(21-2)6-9-16(13)22-3/h4-11,18H,1-3H3. The maximum absolute atomic E-state index is 12.1. The first-order valence-corrected chi connectivity index (χ1v) is 8.28. The Bertz CT molecular complexity index is 799. The summed E-state index contributed by atoms with van der Waals surface area (Å²) in [5.74, 6) is 1.18. The third-order valence-electron chi connectivity index (χ3n) is 3.14. The first kappa shape index (κ1) is 16.8. The minimum absolute atomic E-state index is 0.151. The molecule has 0 aromatic heterocycles. The molecule has 0 amide bonds. The number of nitrogens with one attached hydrogen (secondary N) is 1. The Morgan fingerprint density at radius 1 is 1.04 bits per heavy atom. The van der Waals surface area contributed by atoms with Gasteiger partial charge >= 0.3 is 0 Å². The number of aryl methyl sites for hydroxylation is 1. The average Bonchev–Trinajstić information content (AvgIpc) is 2.55. The second-order valence-electron chi connectivity index (χ2n) is 4.77. The molecule has 0 unspecified atom stereocenters. The molecule has 0 saturated carbocycles. The molecule has 0 aliphatic heterocycles. The molecule has 0 spiro atoms. The summed E-state index contributed by atoms with van der Waals surface area (Å²) in [7, 11) is -0.635. The normalized spacial score (nSPS) is 11.4. The average molecular weight is 334 g/mol. The van der Waals surface area contributed by atoms with Crippen molar-refractivity contribution in [3.63, 3.8) is 0 Å². The molecule has 122 valence electrons. The Labute approximate surface area is 135 Å². The van der Waals surface area contributed by atoms with E-state index in [2.05, 4.69) is 9.93 Å². The van der Waals surface area contributed by atoms with Gasteiger partial charge < -0.3 is 9.47 Å². The van der Waals surface area contributed by atoms with E-state index in [1.54, 1.807) is 37.4 Å². The van der Waals surface area contributed by atoms with Crippen molar-refractivity contribution in [3.8, 4) is 11.5 Å². The van der Waals surface area contributed by atoms with Crippen LogP contribution in [0.2, 0.25) is 0 Å². The molecular weight excluding hydrogens is 316 g/mol. The summed E-state index contributed by atoms with van der Waals surface area (Å²) in [5.41, 5.74) is 1.58. The third kappa shape index (κ3) is 4.23. The van der Waals surface area contributed by atoms with Gasteiger partial charge in [0.1, 0.15) is 11.5 Å². The van der Waals surface area contributed by atoms with Gasteiger partial charge in [0.25, 0.3) is 10.0 Å². The number of hydrazone groups is 1. The van der Waals surface area contributed by atoms with Crippen molar-refractivity contribution in [2.45, 2.75) is 11.8 Å². The molecule has 23 heavy (non-hydrogen) atoms. The zero-order valence-corrected chi connectivity index (χ0v) is 13.9. The molecule has 0 atom stereocenters. The summed E-state index contributed by atoms with van der Waals surface area (Å²) in [4.78, 5) is 2.33. The summed E-state index contributed by atoms with van der Waals surface area (Å²) in [5, 5.41) is 3.80. The maximum atomic E-state index is 12.1. The Hall–Kier alpha value is -2.54. The van der Waals surface area contributed by atoms with Gasteiger partial charge in [-0.2, -0.15) is 13.5 Å². The first-order chi connectivity index (χ1) is 11.0. The molecule has 0 fully saturated rings. The Balaban J connectivity index is 2.19. The van der Waals surface area contributed by atoms with E-state index in [0.717, 1.165) is 5.56 Å². The van der Waals surface area contributed by atoms with Crippen molar-refractivity contribution in [3.05, 3.63) is 53.6 Å². The Morgan fingerprint density at radius 3 is 2.35 bits per heavy atom. The molecule has 0 bridgehead atoms. The van der Waals surface area contributed by atoms with Crippen LogP contribution in [0.4, 0.5) is 0 Å². The van der Waals surface area contributed by atoms with Crippen LogP contribution in [0.25, 0.3) is 0 Å². The van der Waals surface area contributed by atoms with Crippen LogP contribution in [0.15, 0.2) is 52.5 Å². The van der Waals surface area contributed by atoms with E-state index < -0.39 is 10.0 Å². The number of methoxy groups -OCH3 is 2. The largest absolute Gasteiger partial charge is 0.497 e. The minimum Gasteiger partial charge on any atom is -0.497 e. The van der Waals surface area contributed by atoms with E-state index in [-0.39, 0.29) is 4.90 Å². The fourth-order valence-corrected chi connectivity index (χ4v) is 2.67. The van der Waals surface area contributed by atoms with E-state index in [9.17, 15) is 8.42 Å². The van der Waals surface area contributed by atoms with Gasteiger partial charge in [-0.05, 0) is 37.3 Å². The zero-order valence-electron chi connectivity index (χ0n) is 13.1. The molecule has 2 aromatic rings. The molecule has 2 rings (SSSR count). The maximum Gasteiger partial charge on any atom is 0.276 e. The summed E-state index contributed by atoms with van der Waals surface area (Å²) in [6.07, 6.45) is 1.37. The lowest BCUT2D eigenvalue weighted by atomic mass is 10.2. The zero-order chi connectivity index (χ0) is 16.9. The molecule has 0 heterocycles. The summed E-state index contributed by atoms with van der Waals surface area (Å²) >= 11 is 0. The number of ether oxygens (including phenoxy) is 2. The van der Waals surface area contributed by atoms with Gasteiger partial charge in [-0.3, -0.25) is 0 Å². The highest BCUT2D eigenvalue weighted by molar-refractivity contribution is 7.89. The fourth-order valence-electron chi connectivity index (χ4n) is 1.88. The lowest BCUT2D eigenvalue weighted by molar-refractivity contribution is 0.402. The van der Waals surface area contributed by atoms with Gasteiger partial charge in [-0.1, -0.05) is 17.7 Å². The van der Waals surface area contributed by atoms with Crippen molar-refractivity contribution < 1.29 is 17.9 Å². The minimum atomic E-state index is -3.70. The highest BCUT2D eigenvalue weighted by Crippen LogP contribution is 2.22. The second kappa shape index (κ2) is 7.15. The molecule has 0 radical (unpaired) electrons. The van der Waals surface area contributed by atoms with Crippen molar-refractivity contribution in [2.24, 2.45) is 5.10 Å². The predicted octanol–water partition coefficient (Wildman–Crippen LogP) is 2.32. The second-order valence-corrected chi connectivity index (χ2v) is 6.43. The summed E-state index contributed by atoms with van der Waals surface area (Å²) < 4.78 is 34.6. The summed E-state index contributed by atoms with van der Waals surface area (Å²) in [6.45, 7) is 1.89. The van der Waals surface area contributed by atoms with E-state index in [1.165, 1.54) is 25.5 Å². The van der Waals surface area contributed by atoms with E-state index in [4.69, 9.17) is 9.47 Å². The van der Waals surface area contributed by atoms with Gasteiger partial charge in [0.15, 0.2) is 0 Å². The van der Waals surface area contributed by atoms with Gasteiger partial charge in [0, 0.05) is 5.56 Å². The molecule has 0 saturated heterocycles. The number of rotatable bonds is 6. The Morgan fingerprint density at radius 2 is 1.74 bits per heavy atom. The first-order valence-electron chi connectivity index (χ1n) is 6.80. The van der Waals surface area contributed by atoms with Crippen molar-refractivity contribution >= 4 is 16.2 Å². The fraction of sp³-hybridized carbons (Fsp3) is 0.188. The van der Waals surface area contributed by atoms with Crippen LogP contribution in [-0.4, -0.2) is 28.9 Å². The van der Waals surface area contributed by atoms with Gasteiger partial charge in [0.05, 0.1) is 25.3 Å². The number of hydrogen-bond acceptors (Lipinski definition) is 5. The smallest absolute Gasteiger partial charge is 0.276 e. The van der Waals surface area contributed by atoms with Crippen molar-refractivity contribution in [2.75, 3.05) is 14.2 Å². The van der Waals surface area contributed by atoms with Crippen LogP contribution in [-0.2, 0) is 10.0 Å². The van der Waals surface area contributed by atoms with Gasteiger partial charge in [0.2, 0.25) is 0 Å². The molecule has 6 nitrogen and oxygen atoms in total. The van der Waals surface area contributed by atoms with E-state index in [1.807, 2.05) is 6.92 Å². The number of nitrogens with zero attached hydrogens (tertiary/aromatic N) is 1. The van der Waals surface area contributed by atoms with Crippen molar-refractivity contribution in [1.82, 2.24) is 4.83 Å².